The number of carbonyl (C=O) groups is 1. The van der Waals surface area contributed by atoms with Crippen LogP contribution in [0.4, 0.5) is 0 Å². The molecule has 1 saturated carbocycles. The fourth-order valence-corrected chi connectivity index (χ4v) is 3.56. The molecule has 0 aromatic heterocycles. The van der Waals surface area contributed by atoms with Gasteiger partial charge in [-0.25, -0.2) is 0 Å². The molecule has 0 radical (unpaired) electrons. The molecule has 1 aromatic carbocycles. The highest BCUT2D eigenvalue weighted by Crippen LogP contribution is 2.42. The summed E-state index contributed by atoms with van der Waals surface area (Å²) in [6, 6.07) is 6.08. The molecule has 2 N–H and O–H groups in total. The van der Waals surface area contributed by atoms with Crippen LogP contribution >= 0.6 is 0 Å². The molecule has 1 heterocycles. The Hall–Kier alpha value is -1.75. The number of nitrogens with one attached hydrogen (secondary N) is 2. The average Bonchev–Trinajstić information content (AvgIpc) is 3.04. The standard InChI is InChI=1S/C18H26N2O3/c1-13(12-19-2)17(21)20-18(7-3-4-8-18)14-5-6-15-16(11-14)23-10-9-22-15/h5-6,11,13,19H,3-4,7-10,12H2,1-2H3,(H,20,21). The quantitative estimate of drug-likeness (QED) is 0.874. The zero-order chi connectivity index (χ0) is 16.3. The zero-order valence-corrected chi connectivity index (χ0v) is 14.0. The lowest BCUT2D eigenvalue weighted by Crippen LogP contribution is -2.47. The number of fused-ring (bicyclic) bond motifs is 1. The summed E-state index contributed by atoms with van der Waals surface area (Å²) in [7, 11) is 1.87. The van der Waals surface area contributed by atoms with Crippen LogP contribution in [0.3, 0.4) is 0 Å². The maximum Gasteiger partial charge on any atom is 0.224 e. The van der Waals surface area contributed by atoms with E-state index in [-0.39, 0.29) is 17.4 Å². The Bertz CT molecular complexity index is 567. The van der Waals surface area contributed by atoms with E-state index in [1.54, 1.807) is 0 Å². The van der Waals surface area contributed by atoms with Crippen LogP contribution in [0.25, 0.3) is 0 Å². The molecule has 23 heavy (non-hydrogen) atoms. The molecule has 1 unspecified atom stereocenters. The Morgan fingerprint density at radius 1 is 1.22 bits per heavy atom. The van der Waals surface area contributed by atoms with Gasteiger partial charge in [0.2, 0.25) is 5.91 Å². The SMILES string of the molecule is CNCC(C)C(=O)NC1(c2ccc3c(c2)OCCO3)CCCC1. The topological polar surface area (TPSA) is 59.6 Å². The fourth-order valence-electron chi connectivity index (χ4n) is 3.56. The van der Waals surface area contributed by atoms with Gasteiger partial charge in [0, 0.05) is 12.5 Å². The fraction of sp³-hybridized carbons (Fsp3) is 0.611. The number of ether oxygens (including phenoxy) is 2. The van der Waals surface area contributed by atoms with Gasteiger partial charge in [0.15, 0.2) is 11.5 Å². The molecule has 0 spiro atoms. The summed E-state index contributed by atoms with van der Waals surface area (Å²) in [6.07, 6.45) is 4.22. The maximum absolute atomic E-state index is 12.5. The van der Waals surface area contributed by atoms with Gasteiger partial charge in [0.1, 0.15) is 13.2 Å². The van der Waals surface area contributed by atoms with Crippen LogP contribution in [0, 0.1) is 5.92 Å². The van der Waals surface area contributed by atoms with Gasteiger partial charge < -0.3 is 20.1 Å². The molecule has 1 aromatic rings. The third kappa shape index (κ3) is 3.29. The van der Waals surface area contributed by atoms with Crippen molar-refractivity contribution >= 4 is 5.91 Å². The molecule has 0 saturated heterocycles. The highest BCUT2D eigenvalue weighted by molar-refractivity contribution is 5.79. The van der Waals surface area contributed by atoms with Gasteiger partial charge in [-0.15, -0.1) is 0 Å². The van der Waals surface area contributed by atoms with Gasteiger partial charge in [-0.3, -0.25) is 4.79 Å². The summed E-state index contributed by atoms with van der Waals surface area (Å²) in [5.74, 6) is 1.64. The lowest BCUT2D eigenvalue weighted by atomic mass is 9.87. The number of rotatable bonds is 5. The van der Waals surface area contributed by atoms with Crippen molar-refractivity contribution in [3.8, 4) is 11.5 Å². The van der Waals surface area contributed by atoms with Gasteiger partial charge in [-0.05, 0) is 37.6 Å². The first kappa shape index (κ1) is 16.1. The van der Waals surface area contributed by atoms with Gasteiger partial charge in [-0.2, -0.15) is 0 Å². The summed E-state index contributed by atoms with van der Waals surface area (Å²) in [4.78, 5) is 12.5. The molecule has 0 bridgehead atoms. The van der Waals surface area contributed by atoms with Crippen molar-refractivity contribution in [2.45, 2.75) is 38.1 Å². The average molecular weight is 318 g/mol. The van der Waals surface area contributed by atoms with Gasteiger partial charge >= 0.3 is 0 Å². The maximum atomic E-state index is 12.5. The van der Waals surface area contributed by atoms with Gasteiger partial charge in [-0.1, -0.05) is 25.8 Å². The van der Waals surface area contributed by atoms with Crippen molar-refractivity contribution in [1.29, 1.82) is 0 Å². The monoisotopic (exact) mass is 318 g/mol. The third-order valence-electron chi connectivity index (χ3n) is 4.87. The van der Waals surface area contributed by atoms with Gasteiger partial charge in [0.05, 0.1) is 5.54 Å². The van der Waals surface area contributed by atoms with Crippen LogP contribution in [0.5, 0.6) is 11.5 Å². The highest BCUT2D eigenvalue weighted by Gasteiger charge is 2.38. The van der Waals surface area contributed by atoms with Crippen molar-refractivity contribution in [3.05, 3.63) is 23.8 Å². The summed E-state index contributed by atoms with van der Waals surface area (Å²) in [5, 5.41) is 6.39. The molecule has 1 aliphatic carbocycles. The van der Waals surface area contributed by atoms with E-state index >= 15 is 0 Å². The second-order valence-corrected chi connectivity index (χ2v) is 6.60. The van der Waals surface area contributed by atoms with Crippen LogP contribution in [-0.2, 0) is 10.3 Å². The summed E-state index contributed by atoms with van der Waals surface area (Å²) >= 11 is 0. The van der Waals surface area contributed by atoms with Crippen molar-refractivity contribution in [2.75, 3.05) is 26.8 Å². The lowest BCUT2D eigenvalue weighted by molar-refractivity contribution is -0.126. The largest absolute Gasteiger partial charge is 0.486 e. The number of carbonyl (C=O) groups excluding carboxylic acids is 1. The molecule has 5 heteroatoms. The van der Waals surface area contributed by atoms with E-state index in [0.29, 0.717) is 19.8 Å². The number of amides is 1. The zero-order valence-electron chi connectivity index (χ0n) is 14.0. The van der Waals surface area contributed by atoms with E-state index in [2.05, 4.69) is 16.7 Å². The van der Waals surface area contributed by atoms with Crippen molar-refractivity contribution in [1.82, 2.24) is 10.6 Å². The van der Waals surface area contributed by atoms with Gasteiger partial charge in [0.25, 0.3) is 0 Å². The van der Waals surface area contributed by atoms with E-state index in [0.717, 1.165) is 42.7 Å². The van der Waals surface area contributed by atoms with Crippen molar-refractivity contribution in [3.63, 3.8) is 0 Å². The Morgan fingerprint density at radius 2 is 1.91 bits per heavy atom. The van der Waals surface area contributed by atoms with E-state index in [4.69, 9.17) is 9.47 Å². The predicted octanol–water partition coefficient (Wildman–Crippen LogP) is 2.20. The molecule has 126 valence electrons. The van der Waals surface area contributed by atoms with Crippen LogP contribution in [-0.4, -0.2) is 32.7 Å². The van der Waals surface area contributed by atoms with Crippen LogP contribution in [0.15, 0.2) is 18.2 Å². The molecule has 5 nitrogen and oxygen atoms in total. The second-order valence-electron chi connectivity index (χ2n) is 6.60. The Morgan fingerprint density at radius 3 is 2.61 bits per heavy atom. The molecule has 3 rings (SSSR count). The molecular weight excluding hydrogens is 292 g/mol. The molecule has 1 aliphatic heterocycles. The summed E-state index contributed by atoms with van der Waals surface area (Å²) in [5.41, 5.74) is 0.860. The highest BCUT2D eigenvalue weighted by atomic mass is 16.6. The lowest BCUT2D eigenvalue weighted by Gasteiger charge is -2.33. The first-order chi connectivity index (χ1) is 11.1. The molecule has 2 aliphatic rings. The number of benzene rings is 1. The van der Waals surface area contributed by atoms with Crippen LogP contribution in [0.2, 0.25) is 0 Å². The second kappa shape index (κ2) is 6.79. The van der Waals surface area contributed by atoms with Crippen molar-refractivity contribution < 1.29 is 14.3 Å². The van der Waals surface area contributed by atoms with E-state index < -0.39 is 0 Å². The normalized spacial score (nSPS) is 20.1. The first-order valence-corrected chi connectivity index (χ1v) is 8.51. The molecule has 1 fully saturated rings. The smallest absolute Gasteiger partial charge is 0.224 e. The molecule has 1 amide bonds. The van der Waals surface area contributed by atoms with Crippen LogP contribution in [0.1, 0.15) is 38.2 Å². The number of hydrogen-bond donors (Lipinski definition) is 2. The Labute approximate surface area is 137 Å². The van der Waals surface area contributed by atoms with E-state index in [1.807, 2.05) is 26.1 Å². The Kier molecular flexibility index (Phi) is 4.76. The minimum absolute atomic E-state index is 0.0466. The van der Waals surface area contributed by atoms with Crippen molar-refractivity contribution in [2.24, 2.45) is 5.92 Å². The predicted molar refractivity (Wildman–Crippen MR) is 88.8 cm³/mol. The van der Waals surface area contributed by atoms with E-state index in [1.165, 1.54) is 0 Å². The Balaban J connectivity index is 1.84. The number of hydrogen-bond acceptors (Lipinski definition) is 4. The summed E-state index contributed by atoms with van der Waals surface area (Å²) < 4.78 is 11.3. The molecular formula is C18H26N2O3. The van der Waals surface area contributed by atoms with Crippen LogP contribution < -0.4 is 20.1 Å². The molecule has 1 atom stereocenters. The third-order valence-corrected chi connectivity index (χ3v) is 4.87. The minimum Gasteiger partial charge on any atom is -0.486 e. The minimum atomic E-state index is -0.269. The van der Waals surface area contributed by atoms with E-state index in [9.17, 15) is 4.79 Å². The first-order valence-electron chi connectivity index (χ1n) is 8.51. The summed E-state index contributed by atoms with van der Waals surface area (Å²) in [6.45, 7) is 3.81.